The molecular weight excluding hydrogens is 334 g/mol. The fourth-order valence-electron chi connectivity index (χ4n) is 2.95. The van der Waals surface area contributed by atoms with Gasteiger partial charge in [-0.05, 0) is 60.2 Å². The van der Waals surface area contributed by atoms with Crippen molar-refractivity contribution in [1.82, 2.24) is 9.88 Å². The summed E-state index contributed by atoms with van der Waals surface area (Å²) in [6, 6.07) is 5.51. The Labute approximate surface area is 152 Å². The molecule has 6 heteroatoms. The van der Waals surface area contributed by atoms with Crippen LogP contribution in [-0.4, -0.2) is 40.5 Å². The molecule has 2 aromatic rings. The van der Waals surface area contributed by atoms with Gasteiger partial charge in [-0.25, -0.2) is 4.98 Å². The third-order valence-electron chi connectivity index (χ3n) is 4.84. The Kier molecular flexibility index (Phi) is 5.39. The number of likely N-dealkylation sites (tertiary alicyclic amines) is 1. The molecule has 0 aromatic carbocycles. The van der Waals surface area contributed by atoms with Crippen LogP contribution in [-0.2, 0) is 5.60 Å². The van der Waals surface area contributed by atoms with Crippen molar-refractivity contribution in [2.75, 3.05) is 25.0 Å². The Morgan fingerprint density at radius 2 is 2.16 bits per heavy atom. The maximum atomic E-state index is 12.5. The predicted molar refractivity (Wildman–Crippen MR) is 101 cm³/mol. The summed E-state index contributed by atoms with van der Waals surface area (Å²) in [5.41, 5.74) is 0.543. The molecule has 1 unspecified atom stereocenters. The largest absolute Gasteiger partial charge is 0.384 e. The highest BCUT2D eigenvalue weighted by Crippen LogP contribution is 2.23. The topological polar surface area (TPSA) is 65.5 Å². The van der Waals surface area contributed by atoms with Gasteiger partial charge < -0.3 is 15.3 Å². The van der Waals surface area contributed by atoms with Crippen molar-refractivity contribution >= 4 is 23.1 Å². The van der Waals surface area contributed by atoms with E-state index in [2.05, 4.69) is 17.2 Å². The first-order valence-corrected chi connectivity index (χ1v) is 9.64. The first-order chi connectivity index (χ1) is 12.0. The zero-order valence-electron chi connectivity index (χ0n) is 14.7. The number of pyridine rings is 1. The number of piperidine rings is 1. The number of aromatic nitrogens is 1. The van der Waals surface area contributed by atoms with Gasteiger partial charge >= 0.3 is 0 Å². The van der Waals surface area contributed by atoms with Crippen LogP contribution in [0.1, 0.15) is 42.6 Å². The Bertz CT molecular complexity index is 690. The summed E-state index contributed by atoms with van der Waals surface area (Å²) in [5, 5.41) is 17.6. The Morgan fingerprint density at radius 3 is 2.76 bits per heavy atom. The van der Waals surface area contributed by atoms with Crippen molar-refractivity contribution in [3.05, 3.63) is 46.3 Å². The molecule has 1 saturated heterocycles. The molecule has 0 aliphatic carbocycles. The summed E-state index contributed by atoms with van der Waals surface area (Å²) in [6.45, 7) is 6.01. The van der Waals surface area contributed by atoms with E-state index in [1.165, 1.54) is 0 Å². The minimum atomic E-state index is -0.958. The summed E-state index contributed by atoms with van der Waals surface area (Å²) in [4.78, 5) is 18.8. The maximum absolute atomic E-state index is 12.5. The van der Waals surface area contributed by atoms with Gasteiger partial charge in [0.15, 0.2) is 0 Å². The summed E-state index contributed by atoms with van der Waals surface area (Å²) < 4.78 is 0. The van der Waals surface area contributed by atoms with E-state index in [0.717, 1.165) is 31.5 Å². The summed E-state index contributed by atoms with van der Waals surface area (Å²) in [5.74, 6) is 1.40. The number of aliphatic hydroxyl groups is 1. The molecule has 1 aliphatic rings. The number of carbonyl (C=O) groups is 1. The number of thiophene rings is 1. The van der Waals surface area contributed by atoms with E-state index in [-0.39, 0.29) is 5.91 Å². The van der Waals surface area contributed by atoms with Crippen LogP contribution in [0.2, 0.25) is 0 Å². The number of nitrogens with zero attached hydrogens (tertiary/aromatic N) is 2. The van der Waals surface area contributed by atoms with Gasteiger partial charge in [-0.1, -0.05) is 6.92 Å². The third kappa shape index (κ3) is 4.38. The summed E-state index contributed by atoms with van der Waals surface area (Å²) >= 11 is 1.56. The van der Waals surface area contributed by atoms with Crippen molar-refractivity contribution in [2.45, 2.75) is 32.3 Å². The average molecular weight is 359 g/mol. The fraction of sp³-hybridized carbons (Fsp3) is 0.474. The monoisotopic (exact) mass is 359 g/mol. The minimum Gasteiger partial charge on any atom is -0.384 e. The van der Waals surface area contributed by atoms with Crippen LogP contribution in [0.4, 0.5) is 5.82 Å². The molecule has 1 amide bonds. The number of hydrogen-bond acceptors (Lipinski definition) is 5. The number of amides is 1. The lowest BCUT2D eigenvalue weighted by atomic mass is 9.99. The molecular formula is C19H25N3O2S. The van der Waals surface area contributed by atoms with Crippen LogP contribution in [0, 0.1) is 5.92 Å². The normalized spacial score (nSPS) is 18.0. The van der Waals surface area contributed by atoms with Gasteiger partial charge in [0.2, 0.25) is 0 Å². The zero-order chi connectivity index (χ0) is 17.9. The highest BCUT2D eigenvalue weighted by Gasteiger charge is 2.24. The summed E-state index contributed by atoms with van der Waals surface area (Å²) in [7, 11) is 0. The van der Waals surface area contributed by atoms with E-state index < -0.39 is 5.60 Å². The molecule has 2 aromatic heterocycles. The first kappa shape index (κ1) is 17.9. The molecule has 5 nitrogen and oxygen atoms in total. The van der Waals surface area contributed by atoms with Crippen LogP contribution < -0.4 is 5.32 Å². The number of carbonyl (C=O) groups excluding carboxylic acids is 1. The maximum Gasteiger partial charge on any atom is 0.255 e. The third-order valence-corrected chi connectivity index (χ3v) is 5.52. The smallest absolute Gasteiger partial charge is 0.255 e. The van der Waals surface area contributed by atoms with E-state index in [0.29, 0.717) is 23.8 Å². The summed E-state index contributed by atoms with van der Waals surface area (Å²) in [6.07, 6.45) is 3.74. The second kappa shape index (κ2) is 7.54. The first-order valence-electron chi connectivity index (χ1n) is 8.70. The molecule has 0 bridgehead atoms. The van der Waals surface area contributed by atoms with E-state index in [1.807, 2.05) is 21.7 Å². The SMILES string of the molecule is CC1CCN(C(=O)c2ccc(NCC(C)(O)c3ccsc3)nc2)CC1. The number of nitrogens with one attached hydrogen (secondary N) is 1. The van der Waals surface area contributed by atoms with Crippen LogP contribution in [0.25, 0.3) is 0 Å². The predicted octanol–water partition coefficient (Wildman–Crippen LogP) is 3.33. The Hall–Kier alpha value is -1.92. The van der Waals surface area contributed by atoms with Crippen LogP contribution in [0.3, 0.4) is 0 Å². The minimum absolute atomic E-state index is 0.0521. The van der Waals surface area contributed by atoms with Crippen molar-refractivity contribution < 1.29 is 9.90 Å². The molecule has 1 aliphatic heterocycles. The number of anilines is 1. The highest BCUT2D eigenvalue weighted by atomic mass is 32.1. The molecule has 3 rings (SSSR count). The van der Waals surface area contributed by atoms with Gasteiger partial charge in [0.1, 0.15) is 11.4 Å². The quantitative estimate of drug-likeness (QED) is 0.859. The molecule has 134 valence electrons. The molecule has 3 heterocycles. The number of rotatable bonds is 5. The van der Waals surface area contributed by atoms with Crippen molar-refractivity contribution in [3.63, 3.8) is 0 Å². The Balaban J connectivity index is 1.58. The number of hydrogen-bond donors (Lipinski definition) is 2. The fourth-order valence-corrected chi connectivity index (χ4v) is 3.74. The van der Waals surface area contributed by atoms with Gasteiger partial charge in [-0.2, -0.15) is 11.3 Å². The van der Waals surface area contributed by atoms with E-state index in [9.17, 15) is 9.90 Å². The standard InChI is InChI=1S/C19H25N3O2S/c1-14-5-8-22(9-6-14)18(23)15-3-4-17(20-11-15)21-13-19(2,24)16-7-10-25-12-16/h3-4,7,10-12,14,24H,5-6,8-9,13H2,1-2H3,(H,20,21). The lowest BCUT2D eigenvalue weighted by Gasteiger charge is -2.30. The molecule has 0 spiro atoms. The van der Waals surface area contributed by atoms with Gasteiger partial charge in [0, 0.05) is 25.8 Å². The zero-order valence-corrected chi connectivity index (χ0v) is 15.6. The van der Waals surface area contributed by atoms with Crippen LogP contribution in [0.15, 0.2) is 35.2 Å². The van der Waals surface area contributed by atoms with Crippen molar-refractivity contribution in [1.29, 1.82) is 0 Å². The van der Waals surface area contributed by atoms with Crippen LogP contribution >= 0.6 is 11.3 Å². The van der Waals surface area contributed by atoms with Crippen molar-refractivity contribution in [3.8, 4) is 0 Å². The average Bonchev–Trinajstić information content (AvgIpc) is 3.16. The Morgan fingerprint density at radius 1 is 1.40 bits per heavy atom. The molecule has 2 N–H and O–H groups in total. The lowest BCUT2D eigenvalue weighted by molar-refractivity contribution is 0.0694. The molecule has 0 radical (unpaired) electrons. The molecule has 25 heavy (non-hydrogen) atoms. The van der Waals surface area contributed by atoms with Gasteiger partial charge in [-0.3, -0.25) is 4.79 Å². The van der Waals surface area contributed by atoms with Gasteiger partial charge in [-0.15, -0.1) is 0 Å². The molecule has 1 atom stereocenters. The highest BCUT2D eigenvalue weighted by molar-refractivity contribution is 7.08. The van der Waals surface area contributed by atoms with Gasteiger partial charge in [0.25, 0.3) is 5.91 Å². The van der Waals surface area contributed by atoms with Gasteiger partial charge in [0.05, 0.1) is 5.56 Å². The second-order valence-electron chi connectivity index (χ2n) is 7.05. The lowest BCUT2D eigenvalue weighted by Crippen LogP contribution is -2.37. The van der Waals surface area contributed by atoms with E-state index in [1.54, 1.807) is 36.6 Å². The van der Waals surface area contributed by atoms with E-state index in [4.69, 9.17) is 0 Å². The van der Waals surface area contributed by atoms with E-state index >= 15 is 0 Å². The molecule has 0 saturated carbocycles. The van der Waals surface area contributed by atoms with Crippen molar-refractivity contribution in [2.24, 2.45) is 5.92 Å². The second-order valence-corrected chi connectivity index (χ2v) is 7.83. The molecule has 1 fully saturated rings. The van der Waals surface area contributed by atoms with Crippen LogP contribution in [0.5, 0.6) is 0 Å².